The molecule has 2 aromatic heterocycles. The Kier molecular flexibility index (Phi) is 3.19. The molecule has 90 valence electrons. The maximum Gasteiger partial charge on any atom is 0.216 e. The molecule has 3 N–H and O–H groups in total. The Bertz CT molecular complexity index is 506. The Morgan fingerprint density at radius 1 is 1.47 bits per heavy atom. The van der Waals surface area contributed by atoms with Crippen molar-refractivity contribution in [2.75, 3.05) is 11.1 Å². The number of pyridine rings is 1. The first-order valence-corrected chi connectivity index (χ1v) is 5.54. The number of nitrogens with one attached hydrogen (secondary N) is 1. The van der Waals surface area contributed by atoms with Gasteiger partial charge in [0.1, 0.15) is 22.8 Å². The molecule has 2 rings (SSSR count). The third-order valence-electron chi connectivity index (χ3n) is 2.19. The highest BCUT2D eigenvalue weighted by molar-refractivity contribution is 6.29. The number of hydrogen-bond acceptors (Lipinski definition) is 5. The van der Waals surface area contributed by atoms with Gasteiger partial charge in [0.15, 0.2) is 0 Å². The van der Waals surface area contributed by atoms with E-state index in [0.717, 1.165) is 5.76 Å². The maximum absolute atomic E-state index is 5.81. The zero-order chi connectivity index (χ0) is 12.4. The lowest BCUT2D eigenvalue weighted by molar-refractivity contribution is 0.453. The van der Waals surface area contributed by atoms with Gasteiger partial charge in [-0.1, -0.05) is 11.6 Å². The second kappa shape index (κ2) is 4.63. The monoisotopic (exact) mass is 252 g/mol. The largest absolute Gasteiger partial charge is 0.444 e. The second-order valence-electron chi connectivity index (χ2n) is 3.78. The van der Waals surface area contributed by atoms with E-state index < -0.39 is 0 Å². The minimum atomic E-state index is -0.103. The number of rotatable bonds is 3. The smallest absolute Gasteiger partial charge is 0.216 e. The van der Waals surface area contributed by atoms with E-state index in [0.29, 0.717) is 22.5 Å². The molecular formula is C11H13ClN4O. The number of nitrogen functional groups attached to an aromatic ring is 1. The summed E-state index contributed by atoms with van der Waals surface area (Å²) in [6.45, 7) is 3.77. The summed E-state index contributed by atoms with van der Waals surface area (Å²) in [5.41, 5.74) is 6.23. The number of nitrogens with two attached hydrogens (primary N) is 1. The number of oxazole rings is 1. The van der Waals surface area contributed by atoms with Crippen molar-refractivity contribution in [2.45, 2.75) is 19.9 Å². The van der Waals surface area contributed by atoms with Crippen LogP contribution in [0.25, 0.3) is 0 Å². The number of anilines is 2. The average Bonchev–Trinajstić information content (AvgIpc) is 2.63. The normalized spacial score (nSPS) is 12.4. The van der Waals surface area contributed by atoms with Crippen molar-refractivity contribution in [3.05, 3.63) is 35.1 Å². The molecule has 0 aliphatic heterocycles. The van der Waals surface area contributed by atoms with Crippen LogP contribution in [0.15, 0.2) is 22.7 Å². The molecule has 0 saturated carbocycles. The van der Waals surface area contributed by atoms with Gasteiger partial charge in [-0.25, -0.2) is 9.97 Å². The summed E-state index contributed by atoms with van der Waals surface area (Å²) in [4.78, 5) is 8.25. The molecule has 0 spiro atoms. The zero-order valence-corrected chi connectivity index (χ0v) is 10.3. The minimum Gasteiger partial charge on any atom is -0.444 e. The van der Waals surface area contributed by atoms with Gasteiger partial charge in [0, 0.05) is 11.8 Å². The van der Waals surface area contributed by atoms with Crippen molar-refractivity contribution < 1.29 is 4.42 Å². The van der Waals surface area contributed by atoms with Gasteiger partial charge in [-0.2, -0.15) is 0 Å². The molecule has 2 aromatic rings. The topological polar surface area (TPSA) is 77.0 Å². The molecule has 0 bridgehead atoms. The van der Waals surface area contributed by atoms with E-state index in [1.165, 1.54) is 0 Å². The van der Waals surface area contributed by atoms with Crippen LogP contribution in [0.1, 0.15) is 24.6 Å². The molecule has 6 heteroatoms. The number of nitrogens with zero attached hydrogens (tertiary/aromatic N) is 2. The average molecular weight is 253 g/mol. The van der Waals surface area contributed by atoms with Crippen LogP contribution in [-0.2, 0) is 0 Å². The molecule has 0 aromatic carbocycles. The molecular weight excluding hydrogens is 240 g/mol. The Morgan fingerprint density at radius 2 is 2.24 bits per heavy atom. The Hall–Kier alpha value is -1.75. The number of halogens is 1. The first-order chi connectivity index (χ1) is 8.04. The fourth-order valence-electron chi connectivity index (χ4n) is 1.45. The molecule has 17 heavy (non-hydrogen) atoms. The van der Waals surface area contributed by atoms with Crippen molar-refractivity contribution in [3.8, 4) is 0 Å². The van der Waals surface area contributed by atoms with Crippen molar-refractivity contribution >= 4 is 23.1 Å². The highest BCUT2D eigenvalue weighted by Crippen LogP contribution is 2.21. The van der Waals surface area contributed by atoms with Crippen LogP contribution in [0.2, 0.25) is 5.15 Å². The van der Waals surface area contributed by atoms with E-state index in [-0.39, 0.29) is 6.04 Å². The van der Waals surface area contributed by atoms with E-state index >= 15 is 0 Å². The van der Waals surface area contributed by atoms with Crippen LogP contribution in [0.5, 0.6) is 0 Å². The van der Waals surface area contributed by atoms with Gasteiger partial charge in [-0.05, 0) is 19.9 Å². The number of aryl methyl sites for hydroxylation is 1. The summed E-state index contributed by atoms with van der Waals surface area (Å²) >= 11 is 5.81. The number of hydrogen-bond donors (Lipinski definition) is 2. The van der Waals surface area contributed by atoms with Gasteiger partial charge in [0.25, 0.3) is 0 Å². The lowest BCUT2D eigenvalue weighted by atomic mass is 10.3. The van der Waals surface area contributed by atoms with E-state index in [1.54, 1.807) is 18.3 Å². The van der Waals surface area contributed by atoms with Crippen LogP contribution >= 0.6 is 11.6 Å². The minimum absolute atomic E-state index is 0.103. The molecule has 1 atom stereocenters. The van der Waals surface area contributed by atoms with E-state index in [4.69, 9.17) is 21.8 Å². The third kappa shape index (κ3) is 2.88. The molecule has 0 aliphatic carbocycles. The van der Waals surface area contributed by atoms with Gasteiger partial charge >= 0.3 is 0 Å². The van der Waals surface area contributed by atoms with Gasteiger partial charge < -0.3 is 15.5 Å². The van der Waals surface area contributed by atoms with Gasteiger partial charge in [0.05, 0.1) is 6.20 Å². The van der Waals surface area contributed by atoms with Crippen LogP contribution in [-0.4, -0.2) is 9.97 Å². The molecule has 0 radical (unpaired) electrons. The molecule has 0 fully saturated rings. The van der Waals surface area contributed by atoms with Crippen LogP contribution in [0, 0.1) is 6.92 Å². The van der Waals surface area contributed by atoms with E-state index in [1.807, 2.05) is 13.8 Å². The molecule has 2 heterocycles. The van der Waals surface area contributed by atoms with Crippen LogP contribution in [0.3, 0.4) is 0 Å². The predicted octanol–water partition coefficient (Wildman–Crippen LogP) is 2.79. The zero-order valence-electron chi connectivity index (χ0n) is 9.57. The Balaban J connectivity index is 2.15. The quantitative estimate of drug-likeness (QED) is 0.822. The fourth-order valence-corrected chi connectivity index (χ4v) is 1.66. The van der Waals surface area contributed by atoms with E-state index in [9.17, 15) is 0 Å². The Morgan fingerprint density at radius 3 is 2.82 bits per heavy atom. The molecule has 0 aliphatic rings. The fraction of sp³-hybridized carbons (Fsp3) is 0.273. The summed E-state index contributed by atoms with van der Waals surface area (Å²) < 4.78 is 5.41. The summed E-state index contributed by atoms with van der Waals surface area (Å²) in [5, 5.41) is 3.47. The third-order valence-corrected chi connectivity index (χ3v) is 2.38. The predicted molar refractivity (Wildman–Crippen MR) is 66.9 cm³/mol. The maximum atomic E-state index is 5.81. The summed E-state index contributed by atoms with van der Waals surface area (Å²) in [7, 11) is 0. The van der Waals surface area contributed by atoms with Crippen molar-refractivity contribution in [1.82, 2.24) is 9.97 Å². The highest BCUT2D eigenvalue weighted by atomic mass is 35.5. The van der Waals surface area contributed by atoms with Gasteiger partial charge in [-0.3, -0.25) is 0 Å². The second-order valence-corrected chi connectivity index (χ2v) is 4.17. The highest BCUT2D eigenvalue weighted by Gasteiger charge is 2.12. The molecule has 1 unspecified atom stereocenters. The Labute approximate surface area is 104 Å². The molecule has 5 nitrogen and oxygen atoms in total. The van der Waals surface area contributed by atoms with E-state index in [2.05, 4.69) is 15.3 Å². The number of aromatic nitrogens is 2. The van der Waals surface area contributed by atoms with Gasteiger partial charge in [-0.15, -0.1) is 0 Å². The SMILES string of the molecule is Cc1cnc(C(C)Nc2cc(N)cc(Cl)n2)o1. The summed E-state index contributed by atoms with van der Waals surface area (Å²) in [5.74, 6) is 1.97. The first kappa shape index (κ1) is 11.7. The van der Waals surface area contributed by atoms with Crippen LogP contribution in [0.4, 0.5) is 11.5 Å². The molecule has 0 amide bonds. The van der Waals surface area contributed by atoms with Crippen molar-refractivity contribution in [1.29, 1.82) is 0 Å². The molecule has 0 saturated heterocycles. The van der Waals surface area contributed by atoms with Crippen molar-refractivity contribution in [2.24, 2.45) is 0 Å². The first-order valence-electron chi connectivity index (χ1n) is 5.16. The summed E-state index contributed by atoms with van der Waals surface area (Å²) in [6.07, 6.45) is 1.67. The van der Waals surface area contributed by atoms with Crippen LogP contribution < -0.4 is 11.1 Å². The standard InChI is InChI=1S/C11H13ClN4O/c1-6-5-14-11(17-6)7(2)15-10-4-8(13)3-9(12)16-10/h3-5,7H,1-2H3,(H3,13,15,16). The summed E-state index contributed by atoms with van der Waals surface area (Å²) in [6, 6.07) is 3.19. The van der Waals surface area contributed by atoms with Gasteiger partial charge in [0.2, 0.25) is 5.89 Å². The lowest BCUT2D eigenvalue weighted by Crippen LogP contribution is -2.08. The van der Waals surface area contributed by atoms with Crippen molar-refractivity contribution in [3.63, 3.8) is 0 Å². The lowest BCUT2D eigenvalue weighted by Gasteiger charge is -2.11.